The molecule has 1 aromatic rings. The van der Waals surface area contributed by atoms with Crippen LogP contribution in [0.2, 0.25) is 0 Å². The molecule has 0 fully saturated rings. The van der Waals surface area contributed by atoms with Gasteiger partial charge in [0.1, 0.15) is 0 Å². The van der Waals surface area contributed by atoms with E-state index in [0.717, 1.165) is 5.56 Å². The summed E-state index contributed by atoms with van der Waals surface area (Å²) in [4.78, 5) is 0. The lowest BCUT2D eigenvalue weighted by Crippen LogP contribution is -2.10. The second-order valence-electron chi connectivity index (χ2n) is 4.72. The molecule has 0 radical (unpaired) electrons. The molecule has 0 N–H and O–H groups in total. The smallest absolute Gasteiger partial charge is 0.0700 e. The van der Waals surface area contributed by atoms with Gasteiger partial charge in [-0.3, -0.25) is 0 Å². The molecule has 0 saturated heterocycles. The molecule has 0 unspecified atom stereocenters. The molecule has 1 aromatic carbocycles. The van der Waals surface area contributed by atoms with E-state index in [1.807, 2.05) is 6.92 Å². The van der Waals surface area contributed by atoms with E-state index in [-0.39, 0.29) is 11.3 Å². The molecule has 1 heteroatoms. The Labute approximate surface area is 86.4 Å². The second-order valence-corrected chi connectivity index (χ2v) is 4.72. The normalized spacial score (nSPS) is 13.4. The zero-order valence-corrected chi connectivity index (χ0v) is 9.33. The highest BCUT2D eigenvalue weighted by molar-refractivity contribution is 5.31. The number of nitriles is 1. The third-order valence-corrected chi connectivity index (χ3v) is 2.47. The maximum Gasteiger partial charge on any atom is 0.0700 e. The topological polar surface area (TPSA) is 23.8 Å². The lowest BCUT2D eigenvalue weighted by Gasteiger charge is -2.19. The first-order valence-electron chi connectivity index (χ1n) is 4.95. The SMILES string of the molecule is C[C@H](C#N)c1ccc(C(C)(C)C)cc1. The van der Waals surface area contributed by atoms with E-state index in [9.17, 15) is 0 Å². The molecule has 0 amide bonds. The Morgan fingerprint density at radius 1 is 1.14 bits per heavy atom. The number of hydrogen-bond acceptors (Lipinski definition) is 1. The Bertz CT molecular complexity index is 335. The molecule has 0 spiro atoms. The van der Waals surface area contributed by atoms with Gasteiger partial charge in [-0.15, -0.1) is 0 Å². The monoisotopic (exact) mass is 187 g/mol. The maximum atomic E-state index is 8.77. The predicted octanol–water partition coefficient (Wildman–Crippen LogP) is 3.61. The van der Waals surface area contributed by atoms with Crippen molar-refractivity contribution >= 4 is 0 Å². The van der Waals surface area contributed by atoms with Gasteiger partial charge in [-0.1, -0.05) is 45.0 Å². The number of benzene rings is 1. The average Bonchev–Trinajstić information content (AvgIpc) is 2.15. The molecule has 0 saturated carbocycles. The molecular weight excluding hydrogens is 170 g/mol. The Balaban J connectivity index is 2.96. The standard InChI is InChI=1S/C13H17N/c1-10(9-14)11-5-7-12(8-6-11)13(2,3)4/h5-8,10H,1-4H3/t10-/m1/s1. The molecule has 0 heterocycles. The molecule has 0 bridgehead atoms. The summed E-state index contributed by atoms with van der Waals surface area (Å²) in [7, 11) is 0. The van der Waals surface area contributed by atoms with Gasteiger partial charge < -0.3 is 0 Å². The highest BCUT2D eigenvalue weighted by Gasteiger charge is 2.13. The van der Waals surface area contributed by atoms with Crippen molar-refractivity contribution in [3.8, 4) is 6.07 Å². The molecule has 1 atom stereocenters. The summed E-state index contributed by atoms with van der Waals surface area (Å²) in [5.74, 6) is -0.0102. The average molecular weight is 187 g/mol. The quantitative estimate of drug-likeness (QED) is 0.658. The van der Waals surface area contributed by atoms with Crippen molar-refractivity contribution in [2.45, 2.75) is 39.0 Å². The van der Waals surface area contributed by atoms with Crippen LogP contribution >= 0.6 is 0 Å². The summed E-state index contributed by atoms with van der Waals surface area (Å²) in [6, 6.07) is 10.6. The largest absolute Gasteiger partial charge is 0.198 e. The van der Waals surface area contributed by atoms with E-state index in [4.69, 9.17) is 5.26 Å². The van der Waals surface area contributed by atoms with Gasteiger partial charge in [-0.2, -0.15) is 5.26 Å². The van der Waals surface area contributed by atoms with Gasteiger partial charge in [0, 0.05) is 0 Å². The molecule has 0 aliphatic carbocycles. The van der Waals surface area contributed by atoms with Crippen LogP contribution in [0.25, 0.3) is 0 Å². The van der Waals surface area contributed by atoms with Crippen LogP contribution in [0.5, 0.6) is 0 Å². The Hall–Kier alpha value is -1.29. The predicted molar refractivity (Wildman–Crippen MR) is 59.2 cm³/mol. The van der Waals surface area contributed by atoms with Gasteiger partial charge >= 0.3 is 0 Å². The maximum absolute atomic E-state index is 8.77. The lowest BCUT2D eigenvalue weighted by atomic mass is 9.86. The molecular formula is C13H17N. The van der Waals surface area contributed by atoms with E-state index in [2.05, 4.69) is 51.1 Å². The van der Waals surface area contributed by atoms with Gasteiger partial charge in [0.15, 0.2) is 0 Å². The molecule has 1 nitrogen and oxygen atoms in total. The molecule has 74 valence electrons. The third-order valence-electron chi connectivity index (χ3n) is 2.47. The molecule has 0 aromatic heterocycles. The van der Waals surface area contributed by atoms with Crippen LogP contribution in [0.15, 0.2) is 24.3 Å². The summed E-state index contributed by atoms with van der Waals surface area (Å²) in [5.41, 5.74) is 2.60. The summed E-state index contributed by atoms with van der Waals surface area (Å²) >= 11 is 0. The number of hydrogen-bond donors (Lipinski definition) is 0. The number of nitrogens with zero attached hydrogens (tertiary/aromatic N) is 1. The molecule has 14 heavy (non-hydrogen) atoms. The molecule has 0 aliphatic heterocycles. The van der Waals surface area contributed by atoms with Gasteiger partial charge in [-0.05, 0) is 23.5 Å². The van der Waals surface area contributed by atoms with Crippen LogP contribution in [0.4, 0.5) is 0 Å². The zero-order valence-electron chi connectivity index (χ0n) is 9.33. The third kappa shape index (κ3) is 2.35. The van der Waals surface area contributed by atoms with Crippen molar-refractivity contribution in [3.63, 3.8) is 0 Å². The summed E-state index contributed by atoms with van der Waals surface area (Å²) in [6.45, 7) is 8.49. The first-order chi connectivity index (χ1) is 6.45. The van der Waals surface area contributed by atoms with E-state index < -0.39 is 0 Å². The first-order valence-corrected chi connectivity index (χ1v) is 4.95. The van der Waals surface area contributed by atoms with Crippen molar-refractivity contribution in [2.75, 3.05) is 0 Å². The summed E-state index contributed by atoms with van der Waals surface area (Å²) in [6.07, 6.45) is 0. The van der Waals surface area contributed by atoms with Crippen LogP contribution in [0.1, 0.15) is 44.7 Å². The number of rotatable bonds is 1. The van der Waals surface area contributed by atoms with Crippen molar-refractivity contribution < 1.29 is 0 Å². The van der Waals surface area contributed by atoms with Crippen molar-refractivity contribution in [3.05, 3.63) is 35.4 Å². The highest BCUT2D eigenvalue weighted by Crippen LogP contribution is 2.24. The van der Waals surface area contributed by atoms with E-state index >= 15 is 0 Å². The van der Waals surface area contributed by atoms with Crippen molar-refractivity contribution in [1.82, 2.24) is 0 Å². The van der Waals surface area contributed by atoms with E-state index in [1.54, 1.807) is 0 Å². The van der Waals surface area contributed by atoms with Gasteiger partial charge in [0.25, 0.3) is 0 Å². The van der Waals surface area contributed by atoms with Crippen molar-refractivity contribution in [2.24, 2.45) is 0 Å². The van der Waals surface area contributed by atoms with E-state index in [0.29, 0.717) is 0 Å². The fourth-order valence-electron chi connectivity index (χ4n) is 1.35. The first kappa shape index (κ1) is 10.8. The van der Waals surface area contributed by atoms with Crippen LogP contribution in [0.3, 0.4) is 0 Å². The Morgan fingerprint density at radius 3 is 2.00 bits per heavy atom. The molecule has 0 aliphatic rings. The zero-order chi connectivity index (χ0) is 10.8. The summed E-state index contributed by atoms with van der Waals surface area (Å²) in [5, 5.41) is 8.77. The van der Waals surface area contributed by atoms with Gasteiger partial charge in [0.2, 0.25) is 0 Å². The highest BCUT2D eigenvalue weighted by atomic mass is 14.3. The minimum atomic E-state index is -0.0102. The summed E-state index contributed by atoms with van der Waals surface area (Å²) < 4.78 is 0. The van der Waals surface area contributed by atoms with E-state index in [1.165, 1.54) is 5.56 Å². The van der Waals surface area contributed by atoms with Crippen LogP contribution in [-0.2, 0) is 5.41 Å². The van der Waals surface area contributed by atoms with Crippen LogP contribution < -0.4 is 0 Å². The fourth-order valence-corrected chi connectivity index (χ4v) is 1.35. The Morgan fingerprint density at radius 2 is 1.64 bits per heavy atom. The molecule has 1 rings (SSSR count). The minimum Gasteiger partial charge on any atom is -0.198 e. The minimum absolute atomic E-state index is 0.0102. The van der Waals surface area contributed by atoms with Crippen molar-refractivity contribution in [1.29, 1.82) is 5.26 Å². The lowest BCUT2D eigenvalue weighted by molar-refractivity contribution is 0.590. The fraction of sp³-hybridized carbons (Fsp3) is 0.462. The van der Waals surface area contributed by atoms with Gasteiger partial charge in [-0.25, -0.2) is 0 Å². The second kappa shape index (κ2) is 3.84. The van der Waals surface area contributed by atoms with Crippen LogP contribution in [0, 0.1) is 11.3 Å². The Kier molecular flexibility index (Phi) is 2.96. The van der Waals surface area contributed by atoms with Crippen LogP contribution in [-0.4, -0.2) is 0 Å². The van der Waals surface area contributed by atoms with Gasteiger partial charge in [0.05, 0.1) is 12.0 Å².